The van der Waals surface area contributed by atoms with Gasteiger partial charge in [-0.2, -0.15) is 13.2 Å². The lowest BCUT2D eigenvalue weighted by molar-refractivity contribution is -0.138. The van der Waals surface area contributed by atoms with Gasteiger partial charge < -0.3 is 4.57 Å². The molecule has 0 aliphatic rings. The van der Waals surface area contributed by atoms with E-state index in [1.54, 1.807) is 5.38 Å². The van der Waals surface area contributed by atoms with E-state index < -0.39 is 17.3 Å². The molecule has 0 fully saturated rings. The Morgan fingerprint density at radius 1 is 1.09 bits per heavy atom. The van der Waals surface area contributed by atoms with Crippen molar-refractivity contribution in [2.75, 3.05) is 0 Å². The molecule has 0 amide bonds. The van der Waals surface area contributed by atoms with E-state index in [1.165, 1.54) is 11.3 Å². The predicted octanol–water partition coefficient (Wildman–Crippen LogP) is 4.04. The van der Waals surface area contributed by atoms with E-state index in [0.717, 1.165) is 33.5 Å². The van der Waals surface area contributed by atoms with Crippen molar-refractivity contribution in [3.05, 3.63) is 75.7 Å². The molecule has 0 N–H and O–H groups in total. The van der Waals surface area contributed by atoms with Crippen molar-refractivity contribution in [1.29, 1.82) is 0 Å². The molecule has 0 bridgehead atoms. The quantitative estimate of drug-likeness (QED) is 0.723. The monoisotopic (exact) mass is 336 g/mol. The number of thiazole rings is 1. The highest BCUT2D eigenvalue weighted by Crippen LogP contribution is 2.28. The number of rotatable bonds is 3. The summed E-state index contributed by atoms with van der Waals surface area (Å²) in [6, 6.07) is 11.2. The minimum Gasteiger partial charge on any atom is -0.309 e. The maximum atomic E-state index is 12.7. The molecule has 2 aromatic heterocycles. The lowest BCUT2D eigenvalue weighted by Gasteiger charge is -2.09. The molecular weight excluding hydrogens is 325 g/mol. The van der Waals surface area contributed by atoms with Crippen molar-refractivity contribution < 1.29 is 13.2 Å². The van der Waals surface area contributed by atoms with E-state index in [-0.39, 0.29) is 6.54 Å². The van der Waals surface area contributed by atoms with Crippen LogP contribution in [0.1, 0.15) is 11.3 Å². The average molecular weight is 336 g/mol. The molecule has 0 unspecified atom stereocenters. The average Bonchev–Trinajstić information content (AvgIpc) is 2.98. The summed E-state index contributed by atoms with van der Waals surface area (Å²) in [5.41, 5.74) is 0.137. The van der Waals surface area contributed by atoms with Crippen LogP contribution in [0, 0.1) is 0 Å². The molecule has 118 valence electrons. The molecule has 1 aromatic carbocycles. The molecule has 0 saturated heterocycles. The molecule has 0 atom stereocenters. The van der Waals surface area contributed by atoms with Gasteiger partial charge in [0.25, 0.3) is 5.56 Å². The minimum atomic E-state index is -4.48. The lowest BCUT2D eigenvalue weighted by Crippen LogP contribution is -2.22. The fourth-order valence-electron chi connectivity index (χ4n) is 2.09. The number of aromatic nitrogens is 2. The first-order chi connectivity index (χ1) is 10.9. The molecule has 23 heavy (non-hydrogen) atoms. The van der Waals surface area contributed by atoms with Crippen molar-refractivity contribution in [2.45, 2.75) is 12.7 Å². The molecular formula is C16H11F3N2OS. The Balaban J connectivity index is 1.89. The normalized spacial score (nSPS) is 11.6. The number of nitrogens with zero attached hydrogens (tertiary/aromatic N) is 2. The summed E-state index contributed by atoms with van der Waals surface area (Å²) in [5, 5.41) is 2.51. The second-order valence-corrected chi connectivity index (χ2v) is 5.75. The third kappa shape index (κ3) is 3.50. The lowest BCUT2D eigenvalue weighted by atomic mass is 10.2. The van der Waals surface area contributed by atoms with Gasteiger partial charge in [-0.25, -0.2) is 4.98 Å². The predicted molar refractivity (Wildman–Crippen MR) is 82.4 cm³/mol. The Hall–Kier alpha value is -2.41. The van der Waals surface area contributed by atoms with Gasteiger partial charge in [-0.3, -0.25) is 4.79 Å². The van der Waals surface area contributed by atoms with Gasteiger partial charge in [0.15, 0.2) is 0 Å². The molecule has 7 heteroatoms. The van der Waals surface area contributed by atoms with E-state index in [0.29, 0.717) is 5.69 Å². The molecule has 0 aliphatic heterocycles. The van der Waals surface area contributed by atoms with Gasteiger partial charge in [0, 0.05) is 23.2 Å². The largest absolute Gasteiger partial charge is 0.417 e. The maximum absolute atomic E-state index is 12.7. The summed E-state index contributed by atoms with van der Waals surface area (Å²) in [7, 11) is 0. The van der Waals surface area contributed by atoms with Crippen molar-refractivity contribution >= 4 is 11.3 Å². The van der Waals surface area contributed by atoms with Crippen LogP contribution < -0.4 is 5.56 Å². The highest BCUT2D eigenvalue weighted by atomic mass is 32.1. The van der Waals surface area contributed by atoms with E-state index in [2.05, 4.69) is 4.98 Å². The molecule has 3 nitrogen and oxygen atoms in total. The Kier molecular flexibility index (Phi) is 4.04. The summed E-state index contributed by atoms with van der Waals surface area (Å²) in [6.45, 7) is 0.00604. The number of hydrogen-bond acceptors (Lipinski definition) is 3. The van der Waals surface area contributed by atoms with Crippen LogP contribution in [0.15, 0.2) is 58.8 Å². The molecule has 3 rings (SSSR count). The Morgan fingerprint density at radius 2 is 1.83 bits per heavy atom. The van der Waals surface area contributed by atoms with Gasteiger partial charge in [0.1, 0.15) is 5.01 Å². The summed E-state index contributed by atoms with van der Waals surface area (Å²) < 4.78 is 39.2. The topological polar surface area (TPSA) is 34.9 Å². The summed E-state index contributed by atoms with van der Waals surface area (Å²) >= 11 is 1.39. The Bertz CT molecular complexity index is 869. The maximum Gasteiger partial charge on any atom is 0.417 e. The highest BCUT2D eigenvalue weighted by Gasteiger charge is 2.31. The van der Waals surface area contributed by atoms with E-state index >= 15 is 0 Å². The van der Waals surface area contributed by atoms with Gasteiger partial charge in [-0.15, -0.1) is 11.3 Å². The zero-order chi connectivity index (χ0) is 16.4. The van der Waals surface area contributed by atoms with E-state index in [4.69, 9.17) is 0 Å². The van der Waals surface area contributed by atoms with Gasteiger partial charge in [-0.05, 0) is 6.07 Å². The van der Waals surface area contributed by atoms with Crippen LogP contribution in [-0.2, 0) is 12.7 Å². The Morgan fingerprint density at radius 3 is 2.52 bits per heavy atom. The zero-order valence-electron chi connectivity index (χ0n) is 11.7. The van der Waals surface area contributed by atoms with Crippen LogP contribution in [0.25, 0.3) is 10.6 Å². The first kappa shape index (κ1) is 15.5. The van der Waals surface area contributed by atoms with Crippen LogP contribution >= 0.6 is 11.3 Å². The first-order valence-corrected chi connectivity index (χ1v) is 7.59. The number of halogens is 3. The summed E-state index contributed by atoms with van der Waals surface area (Å²) in [4.78, 5) is 16.1. The van der Waals surface area contributed by atoms with Gasteiger partial charge in [-0.1, -0.05) is 30.3 Å². The number of pyridine rings is 1. The van der Waals surface area contributed by atoms with Crippen molar-refractivity contribution in [3.63, 3.8) is 0 Å². The number of alkyl halides is 3. The van der Waals surface area contributed by atoms with Crippen LogP contribution in [0.3, 0.4) is 0 Å². The number of hydrogen-bond donors (Lipinski definition) is 0. The van der Waals surface area contributed by atoms with E-state index in [9.17, 15) is 18.0 Å². The third-order valence-electron chi connectivity index (χ3n) is 3.22. The highest BCUT2D eigenvalue weighted by molar-refractivity contribution is 7.13. The van der Waals surface area contributed by atoms with Gasteiger partial charge in [0.05, 0.1) is 17.8 Å². The molecule has 0 radical (unpaired) electrons. The van der Waals surface area contributed by atoms with Gasteiger partial charge in [0.2, 0.25) is 0 Å². The Labute approximate surface area is 133 Å². The second-order valence-electron chi connectivity index (χ2n) is 4.89. The fourth-order valence-corrected chi connectivity index (χ4v) is 2.91. The first-order valence-electron chi connectivity index (χ1n) is 6.71. The van der Waals surface area contributed by atoms with E-state index in [1.807, 2.05) is 30.3 Å². The van der Waals surface area contributed by atoms with Crippen molar-refractivity contribution in [2.24, 2.45) is 0 Å². The smallest absolute Gasteiger partial charge is 0.309 e. The zero-order valence-corrected chi connectivity index (χ0v) is 12.6. The van der Waals surface area contributed by atoms with Crippen LogP contribution in [-0.4, -0.2) is 9.55 Å². The van der Waals surface area contributed by atoms with Crippen molar-refractivity contribution in [1.82, 2.24) is 9.55 Å². The SMILES string of the molecule is O=c1ccc(C(F)(F)F)cn1Cc1csc(-c2ccccc2)n1. The van der Waals surface area contributed by atoms with Crippen LogP contribution in [0.2, 0.25) is 0 Å². The van der Waals surface area contributed by atoms with Crippen LogP contribution in [0.4, 0.5) is 13.2 Å². The van der Waals surface area contributed by atoms with Crippen molar-refractivity contribution in [3.8, 4) is 10.6 Å². The molecule has 0 spiro atoms. The molecule has 3 aromatic rings. The molecule has 2 heterocycles. The second kappa shape index (κ2) is 6.00. The number of benzene rings is 1. The summed E-state index contributed by atoms with van der Waals surface area (Å²) in [6.07, 6.45) is -3.66. The summed E-state index contributed by atoms with van der Waals surface area (Å²) in [5.74, 6) is 0. The minimum absolute atomic E-state index is 0.00604. The fraction of sp³-hybridized carbons (Fsp3) is 0.125. The van der Waals surface area contributed by atoms with Gasteiger partial charge >= 0.3 is 6.18 Å². The molecule has 0 saturated carbocycles. The van der Waals surface area contributed by atoms with Crippen LogP contribution in [0.5, 0.6) is 0 Å². The molecule has 0 aliphatic carbocycles. The standard InChI is InChI=1S/C16H11F3N2OS/c17-16(18,19)12-6-7-14(22)21(8-12)9-13-10-23-15(20-13)11-4-2-1-3-5-11/h1-8,10H,9H2. The third-order valence-corrected chi connectivity index (χ3v) is 4.16.